The van der Waals surface area contributed by atoms with Crippen molar-refractivity contribution in [2.24, 2.45) is 5.73 Å². The van der Waals surface area contributed by atoms with Gasteiger partial charge >= 0.3 is 0 Å². The third-order valence-corrected chi connectivity index (χ3v) is 2.98. The summed E-state index contributed by atoms with van der Waals surface area (Å²) in [6.07, 6.45) is 2.44. The molecule has 0 fully saturated rings. The fourth-order valence-electron chi connectivity index (χ4n) is 1.65. The highest BCUT2D eigenvalue weighted by molar-refractivity contribution is 6.32. The number of halogens is 1. The molecule has 114 valence electrons. The number of rotatable bonds is 7. The van der Waals surface area contributed by atoms with E-state index in [0.717, 1.165) is 18.7 Å². The van der Waals surface area contributed by atoms with E-state index < -0.39 is 16.7 Å². The number of primary amides is 1. The molecule has 0 radical (unpaired) electrons. The normalized spacial score (nSPS) is 10.2. The summed E-state index contributed by atoms with van der Waals surface area (Å²) in [5, 5.41) is 10.6. The number of carbonyl (C=O) groups excluding carboxylic acids is 2. The molecule has 9 heteroatoms. The highest BCUT2D eigenvalue weighted by atomic mass is 35.5. The molecule has 0 atom stereocenters. The number of amides is 2. The number of carbonyl (C=O) groups is 2. The SMILES string of the molecule is CCCCN(CC(N)=O)C(=O)c1cc([N+](=O)[O-])cnc1Cl. The molecule has 0 aliphatic heterocycles. The maximum absolute atomic E-state index is 12.4. The zero-order valence-electron chi connectivity index (χ0n) is 11.4. The minimum absolute atomic E-state index is 0.122. The van der Waals surface area contributed by atoms with Crippen molar-refractivity contribution in [1.29, 1.82) is 0 Å². The van der Waals surface area contributed by atoms with Crippen LogP contribution in [0.25, 0.3) is 0 Å². The molecule has 0 bridgehead atoms. The van der Waals surface area contributed by atoms with Crippen molar-refractivity contribution in [1.82, 2.24) is 9.88 Å². The van der Waals surface area contributed by atoms with Crippen LogP contribution in [0.2, 0.25) is 5.15 Å². The van der Waals surface area contributed by atoms with E-state index in [-0.39, 0.29) is 22.9 Å². The minimum atomic E-state index is -0.676. The van der Waals surface area contributed by atoms with Crippen LogP contribution >= 0.6 is 11.6 Å². The first-order valence-electron chi connectivity index (χ1n) is 6.24. The molecule has 1 aromatic heterocycles. The Balaban J connectivity index is 3.09. The van der Waals surface area contributed by atoms with E-state index in [9.17, 15) is 19.7 Å². The van der Waals surface area contributed by atoms with Crippen LogP contribution in [0.1, 0.15) is 30.1 Å². The van der Waals surface area contributed by atoms with E-state index >= 15 is 0 Å². The van der Waals surface area contributed by atoms with E-state index in [1.807, 2.05) is 6.92 Å². The van der Waals surface area contributed by atoms with Crippen molar-refractivity contribution in [3.63, 3.8) is 0 Å². The van der Waals surface area contributed by atoms with Crippen LogP contribution < -0.4 is 5.73 Å². The third kappa shape index (κ3) is 4.67. The van der Waals surface area contributed by atoms with Crippen LogP contribution in [-0.2, 0) is 4.79 Å². The van der Waals surface area contributed by atoms with Gasteiger partial charge in [-0.05, 0) is 6.42 Å². The van der Waals surface area contributed by atoms with Crippen LogP contribution in [0, 0.1) is 10.1 Å². The first-order valence-corrected chi connectivity index (χ1v) is 6.62. The highest BCUT2D eigenvalue weighted by Gasteiger charge is 2.23. The van der Waals surface area contributed by atoms with E-state index in [0.29, 0.717) is 13.0 Å². The summed E-state index contributed by atoms with van der Waals surface area (Å²) in [5.74, 6) is -1.28. The molecule has 0 saturated carbocycles. The number of nitrogens with zero attached hydrogens (tertiary/aromatic N) is 3. The lowest BCUT2D eigenvalue weighted by Gasteiger charge is -2.21. The van der Waals surface area contributed by atoms with Gasteiger partial charge in [-0.1, -0.05) is 24.9 Å². The molecular formula is C12H15ClN4O4. The lowest BCUT2D eigenvalue weighted by molar-refractivity contribution is -0.385. The highest BCUT2D eigenvalue weighted by Crippen LogP contribution is 2.21. The fourth-order valence-corrected chi connectivity index (χ4v) is 1.83. The topological polar surface area (TPSA) is 119 Å². The van der Waals surface area contributed by atoms with E-state index in [4.69, 9.17) is 17.3 Å². The smallest absolute Gasteiger partial charge is 0.288 e. The quantitative estimate of drug-likeness (QED) is 0.463. The molecule has 0 spiro atoms. The van der Waals surface area contributed by atoms with Gasteiger partial charge in [0, 0.05) is 12.6 Å². The van der Waals surface area contributed by atoms with Gasteiger partial charge in [0.15, 0.2) is 0 Å². The Hall–Kier alpha value is -2.22. The predicted molar refractivity (Wildman–Crippen MR) is 75.9 cm³/mol. The Morgan fingerprint density at radius 2 is 2.19 bits per heavy atom. The van der Waals surface area contributed by atoms with Crippen molar-refractivity contribution in [3.05, 3.63) is 33.1 Å². The number of hydrogen-bond donors (Lipinski definition) is 1. The van der Waals surface area contributed by atoms with Crippen molar-refractivity contribution in [2.75, 3.05) is 13.1 Å². The third-order valence-electron chi connectivity index (χ3n) is 2.68. The van der Waals surface area contributed by atoms with Crippen molar-refractivity contribution < 1.29 is 14.5 Å². The molecule has 2 amide bonds. The van der Waals surface area contributed by atoms with Crippen molar-refractivity contribution in [3.8, 4) is 0 Å². The second-order valence-electron chi connectivity index (χ2n) is 4.34. The average molecular weight is 315 g/mol. The summed E-state index contributed by atoms with van der Waals surface area (Å²) in [6, 6.07) is 1.04. The molecule has 0 aromatic carbocycles. The fraction of sp³-hybridized carbons (Fsp3) is 0.417. The van der Waals surface area contributed by atoms with Crippen LogP contribution in [0.5, 0.6) is 0 Å². The molecule has 1 heterocycles. The van der Waals surface area contributed by atoms with Crippen LogP contribution in [0.4, 0.5) is 5.69 Å². The Morgan fingerprint density at radius 3 is 2.71 bits per heavy atom. The molecule has 0 aliphatic rings. The second kappa shape index (κ2) is 7.53. The molecule has 2 N–H and O–H groups in total. The first-order chi connectivity index (χ1) is 9.86. The number of unbranched alkanes of at least 4 members (excludes halogenated alkanes) is 1. The van der Waals surface area contributed by atoms with Crippen LogP contribution in [0.3, 0.4) is 0 Å². The summed E-state index contributed by atoms with van der Waals surface area (Å²) in [7, 11) is 0. The van der Waals surface area contributed by atoms with Gasteiger partial charge in [0.05, 0.1) is 17.0 Å². The molecule has 1 rings (SSSR count). The Kier molecular flexibility index (Phi) is 6.04. The molecule has 0 unspecified atom stereocenters. The van der Waals surface area contributed by atoms with Gasteiger partial charge in [0.25, 0.3) is 11.6 Å². The zero-order valence-corrected chi connectivity index (χ0v) is 12.2. The number of nitrogens with two attached hydrogens (primary N) is 1. The van der Waals surface area contributed by atoms with Gasteiger partial charge in [-0.15, -0.1) is 0 Å². The van der Waals surface area contributed by atoms with Gasteiger partial charge in [-0.3, -0.25) is 19.7 Å². The van der Waals surface area contributed by atoms with Gasteiger partial charge < -0.3 is 10.6 Å². The monoisotopic (exact) mass is 314 g/mol. The number of hydrogen-bond acceptors (Lipinski definition) is 5. The molecular weight excluding hydrogens is 300 g/mol. The number of aromatic nitrogens is 1. The summed E-state index contributed by atoms with van der Waals surface area (Å²) >= 11 is 5.81. The Bertz CT molecular complexity index is 564. The molecule has 8 nitrogen and oxygen atoms in total. The summed E-state index contributed by atoms with van der Waals surface area (Å²) in [5.41, 5.74) is 4.64. The lowest BCUT2D eigenvalue weighted by Crippen LogP contribution is -2.39. The first kappa shape index (κ1) is 16.8. The van der Waals surface area contributed by atoms with E-state index in [1.165, 1.54) is 4.90 Å². The standard InChI is InChI=1S/C12H15ClN4O4/c1-2-3-4-16(7-10(14)18)12(19)9-5-8(17(20)21)6-15-11(9)13/h5-6H,2-4,7H2,1H3,(H2,14,18). The summed E-state index contributed by atoms with van der Waals surface area (Å²) in [4.78, 5) is 38.3. The Labute approximate surface area is 126 Å². The number of nitro groups is 1. The lowest BCUT2D eigenvalue weighted by atomic mass is 10.2. The maximum Gasteiger partial charge on any atom is 0.288 e. The maximum atomic E-state index is 12.4. The number of pyridine rings is 1. The predicted octanol–water partition coefficient (Wildman–Crippen LogP) is 1.37. The molecule has 1 aromatic rings. The van der Waals surface area contributed by atoms with E-state index in [2.05, 4.69) is 4.98 Å². The Morgan fingerprint density at radius 1 is 1.52 bits per heavy atom. The second-order valence-corrected chi connectivity index (χ2v) is 4.69. The largest absolute Gasteiger partial charge is 0.368 e. The van der Waals surface area contributed by atoms with E-state index in [1.54, 1.807) is 0 Å². The van der Waals surface area contributed by atoms with Crippen LogP contribution in [0.15, 0.2) is 12.3 Å². The van der Waals surface area contributed by atoms with Crippen LogP contribution in [-0.4, -0.2) is 39.7 Å². The van der Waals surface area contributed by atoms with Gasteiger partial charge in [0.1, 0.15) is 11.3 Å². The summed E-state index contributed by atoms with van der Waals surface area (Å²) in [6.45, 7) is 1.95. The molecule has 21 heavy (non-hydrogen) atoms. The summed E-state index contributed by atoms with van der Waals surface area (Å²) < 4.78 is 0. The van der Waals surface area contributed by atoms with Gasteiger partial charge in [-0.2, -0.15) is 0 Å². The average Bonchev–Trinajstić information content (AvgIpc) is 2.42. The minimum Gasteiger partial charge on any atom is -0.368 e. The molecule has 0 aliphatic carbocycles. The van der Waals surface area contributed by atoms with Gasteiger partial charge in [-0.25, -0.2) is 4.98 Å². The van der Waals surface area contributed by atoms with Gasteiger partial charge in [0.2, 0.25) is 5.91 Å². The van der Waals surface area contributed by atoms with Crippen molar-refractivity contribution in [2.45, 2.75) is 19.8 Å². The molecule has 0 saturated heterocycles. The zero-order chi connectivity index (χ0) is 16.0. The van der Waals surface area contributed by atoms with Crippen molar-refractivity contribution >= 4 is 29.1 Å².